The van der Waals surface area contributed by atoms with Gasteiger partial charge in [-0.05, 0) is 42.8 Å². The number of fused-ring (bicyclic) bond motifs is 1. The molecule has 2 aromatic rings. The Kier molecular flexibility index (Phi) is 6.43. The molecule has 31 heavy (non-hydrogen) atoms. The highest BCUT2D eigenvalue weighted by molar-refractivity contribution is 8.26. The van der Waals surface area contributed by atoms with E-state index in [2.05, 4.69) is 5.32 Å². The van der Waals surface area contributed by atoms with E-state index >= 15 is 0 Å². The van der Waals surface area contributed by atoms with E-state index in [1.165, 1.54) is 16.7 Å². The van der Waals surface area contributed by atoms with Crippen LogP contribution < -0.4 is 19.5 Å². The molecule has 2 aliphatic heterocycles. The van der Waals surface area contributed by atoms with E-state index in [4.69, 9.17) is 26.4 Å². The van der Waals surface area contributed by atoms with Crippen LogP contribution in [0.3, 0.4) is 0 Å². The van der Waals surface area contributed by atoms with Crippen molar-refractivity contribution < 1.29 is 23.8 Å². The number of hydrogen-bond acceptors (Lipinski definition) is 7. The van der Waals surface area contributed by atoms with E-state index in [0.29, 0.717) is 38.6 Å². The van der Waals surface area contributed by atoms with Crippen LogP contribution in [-0.2, 0) is 4.79 Å². The molecule has 7 nitrogen and oxygen atoms in total. The van der Waals surface area contributed by atoms with Crippen molar-refractivity contribution in [3.63, 3.8) is 0 Å². The summed E-state index contributed by atoms with van der Waals surface area (Å²) < 4.78 is 16.6. The number of carbonyl (C=O) groups is 2. The molecule has 0 saturated carbocycles. The number of nitrogens with one attached hydrogen (secondary N) is 1. The number of nitrogens with zero attached hydrogens (tertiary/aromatic N) is 1. The zero-order chi connectivity index (χ0) is 21.8. The van der Waals surface area contributed by atoms with Crippen LogP contribution in [0.1, 0.15) is 22.8 Å². The van der Waals surface area contributed by atoms with Gasteiger partial charge in [-0.3, -0.25) is 14.5 Å². The SMILES string of the molecule is CCOc1ccccc1C(=O)NCCN1C(=O)/C(=C/c2ccc3c(c2)OCO3)SC1=S. The third kappa shape index (κ3) is 4.67. The van der Waals surface area contributed by atoms with Crippen LogP contribution >= 0.6 is 24.0 Å². The summed E-state index contributed by atoms with van der Waals surface area (Å²) in [4.78, 5) is 27.3. The minimum absolute atomic E-state index is 0.184. The molecular formula is C22H20N2O5S2. The predicted octanol–water partition coefficient (Wildman–Crippen LogP) is 3.45. The summed E-state index contributed by atoms with van der Waals surface area (Å²) >= 11 is 6.61. The Balaban J connectivity index is 1.37. The second-order valence-electron chi connectivity index (χ2n) is 6.63. The largest absolute Gasteiger partial charge is 0.493 e. The van der Waals surface area contributed by atoms with Crippen molar-refractivity contribution in [1.29, 1.82) is 0 Å². The van der Waals surface area contributed by atoms with Crippen LogP contribution in [0.2, 0.25) is 0 Å². The van der Waals surface area contributed by atoms with Gasteiger partial charge in [0.1, 0.15) is 10.1 Å². The van der Waals surface area contributed by atoms with Crippen LogP contribution in [0, 0.1) is 0 Å². The molecule has 2 aliphatic rings. The van der Waals surface area contributed by atoms with Crippen molar-refractivity contribution in [3.05, 3.63) is 58.5 Å². The fourth-order valence-electron chi connectivity index (χ4n) is 3.16. The molecule has 2 amide bonds. The van der Waals surface area contributed by atoms with Gasteiger partial charge in [-0.1, -0.05) is 42.2 Å². The summed E-state index contributed by atoms with van der Waals surface area (Å²) in [6, 6.07) is 12.5. The first-order chi connectivity index (χ1) is 15.1. The van der Waals surface area contributed by atoms with Crippen molar-refractivity contribution >= 4 is 46.2 Å². The van der Waals surface area contributed by atoms with Crippen LogP contribution in [0.5, 0.6) is 17.2 Å². The van der Waals surface area contributed by atoms with Crippen LogP contribution in [0.4, 0.5) is 0 Å². The van der Waals surface area contributed by atoms with Gasteiger partial charge in [0, 0.05) is 13.1 Å². The lowest BCUT2D eigenvalue weighted by Gasteiger charge is -2.15. The molecular weight excluding hydrogens is 436 g/mol. The van der Waals surface area contributed by atoms with Gasteiger partial charge in [0.05, 0.1) is 17.1 Å². The van der Waals surface area contributed by atoms with Gasteiger partial charge in [0.15, 0.2) is 11.5 Å². The lowest BCUT2D eigenvalue weighted by Crippen LogP contribution is -2.37. The Hall–Kier alpha value is -3.04. The maximum Gasteiger partial charge on any atom is 0.266 e. The highest BCUT2D eigenvalue weighted by Gasteiger charge is 2.32. The average molecular weight is 457 g/mol. The Morgan fingerprint density at radius 2 is 2.06 bits per heavy atom. The smallest absolute Gasteiger partial charge is 0.266 e. The summed E-state index contributed by atoms with van der Waals surface area (Å²) in [5.74, 6) is 1.42. The lowest BCUT2D eigenvalue weighted by atomic mass is 10.2. The molecule has 0 bridgehead atoms. The fourth-order valence-corrected chi connectivity index (χ4v) is 4.47. The van der Waals surface area contributed by atoms with Crippen LogP contribution in [0.15, 0.2) is 47.4 Å². The van der Waals surface area contributed by atoms with Gasteiger partial charge in [0.2, 0.25) is 6.79 Å². The topological polar surface area (TPSA) is 77.1 Å². The molecule has 2 heterocycles. The van der Waals surface area contributed by atoms with Gasteiger partial charge in [0.25, 0.3) is 11.8 Å². The van der Waals surface area contributed by atoms with E-state index in [0.717, 1.165) is 5.56 Å². The minimum atomic E-state index is -0.259. The van der Waals surface area contributed by atoms with E-state index in [9.17, 15) is 9.59 Å². The molecule has 1 fully saturated rings. The summed E-state index contributed by atoms with van der Waals surface area (Å²) in [6.45, 7) is 3.08. The number of thioether (sulfide) groups is 1. The van der Waals surface area contributed by atoms with Gasteiger partial charge in [-0.25, -0.2) is 0 Å². The first-order valence-electron chi connectivity index (χ1n) is 9.72. The molecule has 9 heteroatoms. The first-order valence-corrected chi connectivity index (χ1v) is 10.9. The molecule has 1 N–H and O–H groups in total. The number of para-hydroxylation sites is 1. The highest BCUT2D eigenvalue weighted by atomic mass is 32.2. The van der Waals surface area contributed by atoms with Gasteiger partial charge < -0.3 is 19.5 Å². The quantitative estimate of drug-likeness (QED) is 0.505. The molecule has 0 atom stereocenters. The summed E-state index contributed by atoms with van der Waals surface area (Å²) in [5, 5.41) is 2.83. The van der Waals surface area contributed by atoms with E-state index in [-0.39, 0.29) is 31.7 Å². The molecule has 0 spiro atoms. The summed E-state index contributed by atoms with van der Waals surface area (Å²) in [5.41, 5.74) is 1.28. The molecule has 160 valence electrons. The van der Waals surface area contributed by atoms with Crippen molar-refractivity contribution in [2.24, 2.45) is 0 Å². The zero-order valence-electron chi connectivity index (χ0n) is 16.8. The van der Waals surface area contributed by atoms with E-state index in [1.807, 2.05) is 31.2 Å². The number of benzene rings is 2. The van der Waals surface area contributed by atoms with Crippen LogP contribution in [-0.4, -0.2) is 47.5 Å². The second kappa shape index (κ2) is 9.40. The molecule has 0 radical (unpaired) electrons. The Morgan fingerprint density at radius 1 is 1.26 bits per heavy atom. The Bertz CT molecular complexity index is 1070. The Morgan fingerprint density at radius 3 is 2.90 bits per heavy atom. The highest BCUT2D eigenvalue weighted by Crippen LogP contribution is 2.36. The van der Waals surface area contributed by atoms with Crippen molar-refractivity contribution in [2.45, 2.75) is 6.92 Å². The standard InChI is InChI=1S/C22H20N2O5S2/c1-2-27-16-6-4-3-5-15(16)20(25)23-9-10-24-21(26)19(31-22(24)30)12-14-7-8-17-18(11-14)29-13-28-17/h3-8,11-12H,2,9-10,13H2,1H3,(H,23,25)/b19-12-. The normalized spacial score (nSPS) is 16.2. The number of hydrogen-bond donors (Lipinski definition) is 1. The molecule has 0 unspecified atom stereocenters. The Labute approximate surface area is 189 Å². The van der Waals surface area contributed by atoms with Crippen molar-refractivity contribution in [3.8, 4) is 17.2 Å². The summed E-state index contributed by atoms with van der Waals surface area (Å²) in [7, 11) is 0. The van der Waals surface area contributed by atoms with E-state index < -0.39 is 0 Å². The maximum atomic E-state index is 12.8. The lowest BCUT2D eigenvalue weighted by molar-refractivity contribution is -0.122. The van der Waals surface area contributed by atoms with Gasteiger partial charge in [-0.15, -0.1) is 0 Å². The molecule has 4 rings (SSSR count). The number of amides is 2. The molecule has 1 saturated heterocycles. The average Bonchev–Trinajstić information content (AvgIpc) is 3.33. The van der Waals surface area contributed by atoms with Gasteiger partial charge >= 0.3 is 0 Å². The molecule has 0 aromatic heterocycles. The number of carbonyl (C=O) groups excluding carboxylic acids is 2. The molecule has 2 aromatic carbocycles. The third-order valence-corrected chi connectivity index (χ3v) is 6.00. The second-order valence-corrected chi connectivity index (χ2v) is 8.31. The zero-order valence-corrected chi connectivity index (χ0v) is 18.4. The fraction of sp³-hybridized carbons (Fsp3) is 0.227. The van der Waals surface area contributed by atoms with E-state index in [1.54, 1.807) is 24.3 Å². The number of ether oxygens (including phenoxy) is 3. The number of rotatable bonds is 7. The molecule has 0 aliphatic carbocycles. The van der Waals surface area contributed by atoms with Gasteiger partial charge in [-0.2, -0.15) is 0 Å². The maximum absolute atomic E-state index is 12.8. The van der Waals surface area contributed by atoms with Crippen molar-refractivity contribution in [1.82, 2.24) is 10.2 Å². The summed E-state index contributed by atoms with van der Waals surface area (Å²) in [6.07, 6.45) is 1.78. The minimum Gasteiger partial charge on any atom is -0.493 e. The predicted molar refractivity (Wildman–Crippen MR) is 122 cm³/mol. The van der Waals surface area contributed by atoms with Crippen molar-refractivity contribution in [2.75, 3.05) is 26.5 Å². The first kappa shape index (κ1) is 21.2. The monoisotopic (exact) mass is 456 g/mol. The number of thiocarbonyl (C=S) groups is 1. The van der Waals surface area contributed by atoms with Crippen LogP contribution in [0.25, 0.3) is 6.08 Å². The third-order valence-electron chi connectivity index (χ3n) is 4.62.